The number of primary amides is 1. The summed E-state index contributed by atoms with van der Waals surface area (Å²) < 4.78 is 5.78. The van der Waals surface area contributed by atoms with Crippen LogP contribution in [0.4, 0.5) is 0 Å². The Bertz CT molecular complexity index is 1010. The van der Waals surface area contributed by atoms with Crippen LogP contribution in [0.1, 0.15) is 27.4 Å². The summed E-state index contributed by atoms with van der Waals surface area (Å²) in [5, 5.41) is 0. The number of amides is 2. The summed E-state index contributed by atoms with van der Waals surface area (Å²) in [5.74, 6) is -0.386. The molecule has 136 valence electrons. The van der Waals surface area contributed by atoms with E-state index in [1.54, 1.807) is 6.92 Å². The Kier molecular flexibility index (Phi) is 4.24. The highest BCUT2D eigenvalue weighted by atomic mass is 16.4. The van der Waals surface area contributed by atoms with E-state index < -0.39 is 11.9 Å². The van der Waals surface area contributed by atoms with Crippen LogP contribution >= 0.6 is 0 Å². The molecule has 6 heteroatoms. The Morgan fingerprint density at radius 1 is 1.07 bits per heavy atom. The SMILES string of the molecule is Cc1nc(-c2ccccc2)oc1C(=O)N1Cc2ccccc2C[C@H]1C(N)=O. The monoisotopic (exact) mass is 361 g/mol. The molecule has 0 saturated carbocycles. The predicted octanol–water partition coefficient (Wildman–Crippen LogP) is 2.70. The lowest BCUT2D eigenvalue weighted by Crippen LogP contribution is -2.51. The second-order valence-electron chi connectivity index (χ2n) is 6.62. The summed E-state index contributed by atoms with van der Waals surface area (Å²) in [6.45, 7) is 2.03. The maximum Gasteiger partial charge on any atom is 0.292 e. The number of fused-ring (bicyclic) bond motifs is 1. The Morgan fingerprint density at radius 2 is 1.74 bits per heavy atom. The van der Waals surface area contributed by atoms with Gasteiger partial charge in [-0.05, 0) is 30.2 Å². The summed E-state index contributed by atoms with van der Waals surface area (Å²) in [4.78, 5) is 31.0. The quantitative estimate of drug-likeness (QED) is 0.777. The van der Waals surface area contributed by atoms with E-state index in [1.807, 2.05) is 54.6 Å². The zero-order chi connectivity index (χ0) is 19.0. The van der Waals surface area contributed by atoms with Gasteiger partial charge < -0.3 is 15.1 Å². The number of carbonyl (C=O) groups excluding carboxylic acids is 2. The zero-order valence-electron chi connectivity index (χ0n) is 14.9. The first-order valence-corrected chi connectivity index (χ1v) is 8.74. The van der Waals surface area contributed by atoms with Gasteiger partial charge in [-0.2, -0.15) is 0 Å². The van der Waals surface area contributed by atoms with E-state index in [1.165, 1.54) is 4.90 Å². The minimum atomic E-state index is -0.711. The van der Waals surface area contributed by atoms with Crippen molar-refractivity contribution in [1.82, 2.24) is 9.88 Å². The van der Waals surface area contributed by atoms with E-state index in [0.717, 1.165) is 16.7 Å². The average molecular weight is 361 g/mol. The van der Waals surface area contributed by atoms with Crippen molar-refractivity contribution in [2.24, 2.45) is 5.73 Å². The lowest BCUT2D eigenvalue weighted by atomic mass is 9.93. The standard InChI is InChI=1S/C21H19N3O3/c1-13-18(27-20(23-13)14-7-3-2-4-8-14)21(26)24-12-16-10-6-5-9-15(16)11-17(24)19(22)25/h2-10,17H,11-12H2,1H3,(H2,22,25)/t17-/m0/s1. The molecule has 27 heavy (non-hydrogen) atoms. The molecule has 0 unspecified atom stereocenters. The first-order chi connectivity index (χ1) is 13.0. The van der Waals surface area contributed by atoms with E-state index in [2.05, 4.69) is 4.98 Å². The van der Waals surface area contributed by atoms with Gasteiger partial charge in [0.1, 0.15) is 6.04 Å². The number of rotatable bonds is 3. The number of hydrogen-bond donors (Lipinski definition) is 1. The summed E-state index contributed by atoms with van der Waals surface area (Å²) in [6, 6.07) is 16.4. The largest absolute Gasteiger partial charge is 0.431 e. The second-order valence-corrected chi connectivity index (χ2v) is 6.62. The molecule has 2 N–H and O–H groups in total. The fourth-order valence-electron chi connectivity index (χ4n) is 3.42. The Labute approximate surface area is 156 Å². The predicted molar refractivity (Wildman–Crippen MR) is 99.7 cm³/mol. The van der Waals surface area contributed by atoms with Gasteiger partial charge in [0.25, 0.3) is 5.91 Å². The van der Waals surface area contributed by atoms with E-state index in [0.29, 0.717) is 24.6 Å². The molecule has 6 nitrogen and oxygen atoms in total. The van der Waals surface area contributed by atoms with Crippen LogP contribution in [0.3, 0.4) is 0 Å². The molecule has 2 aromatic carbocycles. The first kappa shape index (κ1) is 17.0. The van der Waals surface area contributed by atoms with E-state index in [9.17, 15) is 9.59 Å². The van der Waals surface area contributed by atoms with Crippen molar-refractivity contribution in [3.63, 3.8) is 0 Å². The highest BCUT2D eigenvalue weighted by molar-refractivity contribution is 5.96. The van der Waals surface area contributed by atoms with Crippen molar-refractivity contribution in [3.8, 4) is 11.5 Å². The fourth-order valence-corrected chi connectivity index (χ4v) is 3.42. The molecule has 1 aliphatic heterocycles. The molecule has 1 aliphatic rings. The molecule has 1 aromatic heterocycles. The van der Waals surface area contributed by atoms with Crippen molar-refractivity contribution >= 4 is 11.8 Å². The molecule has 0 aliphatic carbocycles. The van der Waals surface area contributed by atoms with Crippen LogP contribution in [0, 0.1) is 6.92 Å². The maximum absolute atomic E-state index is 13.2. The molecule has 0 radical (unpaired) electrons. The summed E-state index contributed by atoms with van der Waals surface area (Å²) >= 11 is 0. The van der Waals surface area contributed by atoms with Crippen molar-refractivity contribution in [2.75, 3.05) is 0 Å². The minimum Gasteiger partial charge on any atom is -0.431 e. The minimum absolute atomic E-state index is 0.138. The van der Waals surface area contributed by atoms with Gasteiger partial charge >= 0.3 is 0 Å². The van der Waals surface area contributed by atoms with Gasteiger partial charge in [0, 0.05) is 18.5 Å². The lowest BCUT2D eigenvalue weighted by molar-refractivity contribution is -0.122. The number of hydrogen-bond acceptors (Lipinski definition) is 4. The Morgan fingerprint density at radius 3 is 2.44 bits per heavy atom. The molecule has 4 rings (SSSR count). The number of aryl methyl sites for hydroxylation is 1. The molecular formula is C21H19N3O3. The summed E-state index contributed by atoms with van der Waals surface area (Å²) in [7, 11) is 0. The maximum atomic E-state index is 13.2. The van der Waals surface area contributed by atoms with Crippen LogP contribution in [0.15, 0.2) is 59.0 Å². The molecule has 2 heterocycles. The van der Waals surface area contributed by atoms with Gasteiger partial charge in [-0.3, -0.25) is 9.59 Å². The van der Waals surface area contributed by atoms with Gasteiger partial charge in [-0.1, -0.05) is 42.5 Å². The van der Waals surface area contributed by atoms with Crippen LogP contribution in [0.25, 0.3) is 11.5 Å². The number of nitrogens with zero attached hydrogens (tertiary/aromatic N) is 2. The third-order valence-electron chi connectivity index (χ3n) is 4.85. The topological polar surface area (TPSA) is 89.4 Å². The average Bonchev–Trinajstić information content (AvgIpc) is 3.08. The van der Waals surface area contributed by atoms with Crippen LogP contribution < -0.4 is 5.73 Å². The van der Waals surface area contributed by atoms with Crippen LogP contribution in [-0.2, 0) is 17.8 Å². The van der Waals surface area contributed by atoms with Crippen LogP contribution in [0.5, 0.6) is 0 Å². The highest BCUT2D eigenvalue weighted by Gasteiger charge is 2.36. The third-order valence-corrected chi connectivity index (χ3v) is 4.85. The molecular weight excluding hydrogens is 342 g/mol. The third kappa shape index (κ3) is 3.10. The van der Waals surface area contributed by atoms with E-state index in [-0.39, 0.29) is 11.7 Å². The van der Waals surface area contributed by atoms with Crippen molar-refractivity contribution in [3.05, 3.63) is 77.2 Å². The number of benzene rings is 2. The fraction of sp³-hybridized carbons (Fsp3) is 0.190. The van der Waals surface area contributed by atoms with Crippen molar-refractivity contribution in [1.29, 1.82) is 0 Å². The molecule has 0 bridgehead atoms. The summed E-state index contributed by atoms with van der Waals surface area (Å²) in [5.41, 5.74) is 8.90. The van der Waals surface area contributed by atoms with Gasteiger partial charge in [0.15, 0.2) is 0 Å². The second kappa shape index (κ2) is 6.72. The molecule has 0 saturated heterocycles. The normalized spacial score (nSPS) is 16.0. The number of oxazole rings is 1. The molecule has 3 aromatic rings. The molecule has 0 fully saturated rings. The summed E-state index contributed by atoms with van der Waals surface area (Å²) in [6.07, 6.45) is 0.399. The number of nitrogens with two attached hydrogens (primary N) is 1. The lowest BCUT2D eigenvalue weighted by Gasteiger charge is -2.34. The van der Waals surface area contributed by atoms with Crippen molar-refractivity contribution < 1.29 is 14.0 Å². The Hall–Kier alpha value is -3.41. The highest BCUT2D eigenvalue weighted by Crippen LogP contribution is 2.28. The van der Waals surface area contributed by atoms with Gasteiger partial charge in [-0.25, -0.2) is 4.98 Å². The molecule has 2 amide bonds. The van der Waals surface area contributed by atoms with Crippen LogP contribution in [0.2, 0.25) is 0 Å². The van der Waals surface area contributed by atoms with Crippen LogP contribution in [-0.4, -0.2) is 27.7 Å². The van der Waals surface area contributed by atoms with Gasteiger partial charge in [-0.15, -0.1) is 0 Å². The van der Waals surface area contributed by atoms with E-state index >= 15 is 0 Å². The molecule has 1 atom stereocenters. The smallest absolute Gasteiger partial charge is 0.292 e. The van der Waals surface area contributed by atoms with Crippen molar-refractivity contribution in [2.45, 2.75) is 25.9 Å². The van der Waals surface area contributed by atoms with Gasteiger partial charge in [0.2, 0.25) is 17.6 Å². The number of aromatic nitrogens is 1. The molecule has 0 spiro atoms. The number of carbonyl (C=O) groups is 2. The first-order valence-electron chi connectivity index (χ1n) is 8.74. The van der Waals surface area contributed by atoms with E-state index in [4.69, 9.17) is 10.2 Å². The van der Waals surface area contributed by atoms with Gasteiger partial charge in [0.05, 0.1) is 5.69 Å². The Balaban J connectivity index is 1.69. The zero-order valence-corrected chi connectivity index (χ0v) is 14.9.